The average molecular weight is 302 g/mol. The minimum Gasteiger partial charge on any atom is -0.368 e. The molecule has 1 aromatic rings. The summed E-state index contributed by atoms with van der Waals surface area (Å²) >= 11 is 0. The number of rotatable bonds is 7. The van der Waals surface area contributed by atoms with Crippen molar-refractivity contribution in [2.45, 2.75) is 19.4 Å². The van der Waals surface area contributed by atoms with Crippen molar-refractivity contribution < 1.29 is 14.4 Å². The first-order valence-electron chi connectivity index (χ1n) is 6.74. The van der Waals surface area contributed by atoms with Crippen LogP contribution in [0.2, 0.25) is 0 Å². The summed E-state index contributed by atoms with van der Waals surface area (Å²) in [6.45, 7) is 1.36. The number of hydrogen-bond donors (Lipinski definition) is 3. The monoisotopic (exact) mass is 302 g/mol. The number of nitriles is 1. The van der Waals surface area contributed by atoms with E-state index in [-0.39, 0.29) is 13.0 Å². The van der Waals surface area contributed by atoms with Crippen LogP contribution in [-0.2, 0) is 9.59 Å². The van der Waals surface area contributed by atoms with Crippen LogP contribution >= 0.6 is 0 Å². The molecular formula is C15H18N4O3. The number of nitrogens with two attached hydrogens (primary N) is 1. The Morgan fingerprint density at radius 2 is 1.91 bits per heavy atom. The Kier molecular flexibility index (Phi) is 6.57. The van der Waals surface area contributed by atoms with Gasteiger partial charge in [-0.2, -0.15) is 5.26 Å². The Morgan fingerprint density at radius 1 is 1.27 bits per heavy atom. The Labute approximate surface area is 128 Å². The predicted octanol–water partition coefficient (Wildman–Crippen LogP) is -0.0637. The van der Waals surface area contributed by atoms with Crippen molar-refractivity contribution in [1.82, 2.24) is 10.6 Å². The zero-order chi connectivity index (χ0) is 16.5. The van der Waals surface area contributed by atoms with Crippen LogP contribution < -0.4 is 16.4 Å². The second-order valence-corrected chi connectivity index (χ2v) is 4.84. The standard InChI is InChI=1S/C15H18N4O3/c1-10(7-8-16)13(14(17)21)19-12(20)9-18-15(22)11-5-3-2-4-6-11/h2-6,10,13H,7,9H2,1H3,(H2,17,21)(H,18,22)(H,19,20)/t10-,13-/m0/s1. The number of carbonyl (C=O) groups is 3. The number of amides is 3. The van der Waals surface area contributed by atoms with Crippen LogP contribution in [0.15, 0.2) is 30.3 Å². The Morgan fingerprint density at radius 3 is 2.45 bits per heavy atom. The van der Waals surface area contributed by atoms with Crippen molar-refractivity contribution in [1.29, 1.82) is 5.26 Å². The molecule has 0 aromatic heterocycles. The van der Waals surface area contributed by atoms with E-state index in [0.29, 0.717) is 5.56 Å². The molecule has 7 nitrogen and oxygen atoms in total. The summed E-state index contributed by atoms with van der Waals surface area (Å²) in [5.74, 6) is -2.06. The fourth-order valence-corrected chi connectivity index (χ4v) is 1.83. The van der Waals surface area contributed by atoms with Crippen LogP contribution in [-0.4, -0.2) is 30.3 Å². The zero-order valence-corrected chi connectivity index (χ0v) is 12.2. The Bertz CT molecular complexity index is 580. The molecule has 22 heavy (non-hydrogen) atoms. The third-order valence-electron chi connectivity index (χ3n) is 3.05. The normalized spacial score (nSPS) is 12.5. The van der Waals surface area contributed by atoms with Gasteiger partial charge in [-0.05, 0) is 18.1 Å². The van der Waals surface area contributed by atoms with Crippen LogP contribution in [0.25, 0.3) is 0 Å². The molecule has 116 valence electrons. The molecule has 1 aromatic carbocycles. The molecule has 0 spiro atoms. The molecule has 0 radical (unpaired) electrons. The van der Waals surface area contributed by atoms with E-state index in [2.05, 4.69) is 10.6 Å². The van der Waals surface area contributed by atoms with Crippen molar-refractivity contribution in [3.8, 4) is 6.07 Å². The van der Waals surface area contributed by atoms with Gasteiger partial charge in [-0.25, -0.2) is 0 Å². The highest BCUT2D eigenvalue weighted by atomic mass is 16.2. The van der Waals surface area contributed by atoms with Crippen LogP contribution in [0, 0.1) is 17.2 Å². The van der Waals surface area contributed by atoms with Crippen molar-refractivity contribution in [3.05, 3.63) is 35.9 Å². The lowest BCUT2D eigenvalue weighted by atomic mass is 9.98. The highest BCUT2D eigenvalue weighted by Gasteiger charge is 2.24. The van der Waals surface area contributed by atoms with Gasteiger partial charge in [0.25, 0.3) is 5.91 Å². The minimum absolute atomic E-state index is 0.0876. The highest BCUT2D eigenvalue weighted by molar-refractivity contribution is 5.97. The number of primary amides is 1. The first-order valence-corrected chi connectivity index (χ1v) is 6.74. The van der Waals surface area contributed by atoms with E-state index in [1.54, 1.807) is 37.3 Å². The quantitative estimate of drug-likeness (QED) is 0.652. The molecular weight excluding hydrogens is 284 g/mol. The van der Waals surface area contributed by atoms with E-state index in [1.807, 2.05) is 6.07 Å². The summed E-state index contributed by atoms with van der Waals surface area (Å²) < 4.78 is 0. The third-order valence-corrected chi connectivity index (χ3v) is 3.05. The van der Waals surface area contributed by atoms with Gasteiger partial charge < -0.3 is 16.4 Å². The number of benzene rings is 1. The molecule has 0 saturated heterocycles. The van der Waals surface area contributed by atoms with Crippen molar-refractivity contribution in [3.63, 3.8) is 0 Å². The summed E-state index contributed by atoms with van der Waals surface area (Å²) in [4.78, 5) is 34.9. The third kappa shape index (κ3) is 5.25. The first-order chi connectivity index (χ1) is 10.5. The maximum atomic E-state index is 11.8. The lowest BCUT2D eigenvalue weighted by Gasteiger charge is -2.20. The Hall–Kier alpha value is -2.88. The topological polar surface area (TPSA) is 125 Å². The van der Waals surface area contributed by atoms with Gasteiger partial charge in [0, 0.05) is 12.0 Å². The molecule has 4 N–H and O–H groups in total. The van der Waals surface area contributed by atoms with Gasteiger partial charge in [0.15, 0.2) is 0 Å². The number of carbonyl (C=O) groups excluding carboxylic acids is 3. The summed E-state index contributed by atoms with van der Waals surface area (Å²) in [6, 6.07) is 9.41. The van der Waals surface area contributed by atoms with E-state index >= 15 is 0 Å². The van der Waals surface area contributed by atoms with Gasteiger partial charge in [-0.1, -0.05) is 25.1 Å². The second kappa shape index (κ2) is 8.42. The molecule has 1 rings (SSSR count). The van der Waals surface area contributed by atoms with Crippen molar-refractivity contribution in [2.24, 2.45) is 11.7 Å². The Balaban J connectivity index is 2.53. The predicted molar refractivity (Wildman–Crippen MR) is 79.3 cm³/mol. The fourth-order valence-electron chi connectivity index (χ4n) is 1.83. The van der Waals surface area contributed by atoms with E-state index < -0.39 is 29.7 Å². The summed E-state index contributed by atoms with van der Waals surface area (Å²) in [5.41, 5.74) is 5.64. The molecule has 2 atom stereocenters. The van der Waals surface area contributed by atoms with E-state index in [4.69, 9.17) is 11.0 Å². The van der Waals surface area contributed by atoms with Gasteiger partial charge >= 0.3 is 0 Å². The van der Waals surface area contributed by atoms with E-state index in [9.17, 15) is 14.4 Å². The van der Waals surface area contributed by atoms with E-state index in [1.165, 1.54) is 0 Å². The lowest BCUT2D eigenvalue weighted by Crippen LogP contribution is -2.51. The molecule has 0 aliphatic carbocycles. The molecule has 0 bridgehead atoms. The van der Waals surface area contributed by atoms with Crippen molar-refractivity contribution >= 4 is 17.7 Å². The smallest absolute Gasteiger partial charge is 0.251 e. The molecule has 0 unspecified atom stereocenters. The molecule has 0 fully saturated rings. The van der Waals surface area contributed by atoms with Gasteiger partial charge in [0.2, 0.25) is 11.8 Å². The minimum atomic E-state index is -0.944. The SMILES string of the molecule is C[C@@H](CC#N)[C@H](NC(=O)CNC(=O)c1ccccc1)C(N)=O. The first kappa shape index (κ1) is 17.2. The molecule has 0 saturated carbocycles. The maximum absolute atomic E-state index is 11.8. The number of hydrogen-bond acceptors (Lipinski definition) is 4. The fraction of sp³-hybridized carbons (Fsp3) is 0.333. The van der Waals surface area contributed by atoms with Gasteiger partial charge in [-0.15, -0.1) is 0 Å². The van der Waals surface area contributed by atoms with E-state index in [0.717, 1.165) is 0 Å². The molecule has 7 heteroatoms. The van der Waals surface area contributed by atoms with Crippen LogP contribution in [0.3, 0.4) is 0 Å². The molecule has 0 aliphatic heterocycles. The molecule has 3 amide bonds. The highest BCUT2D eigenvalue weighted by Crippen LogP contribution is 2.07. The summed E-state index contributed by atoms with van der Waals surface area (Å²) in [6.07, 6.45) is 0.0876. The van der Waals surface area contributed by atoms with Gasteiger partial charge in [0.05, 0.1) is 12.6 Å². The summed E-state index contributed by atoms with van der Waals surface area (Å²) in [5, 5.41) is 13.5. The number of nitrogens with one attached hydrogen (secondary N) is 2. The van der Waals surface area contributed by atoms with Crippen molar-refractivity contribution in [2.75, 3.05) is 6.54 Å². The largest absolute Gasteiger partial charge is 0.368 e. The summed E-state index contributed by atoms with van der Waals surface area (Å²) in [7, 11) is 0. The zero-order valence-electron chi connectivity index (χ0n) is 12.2. The van der Waals surface area contributed by atoms with Gasteiger partial charge in [-0.3, -0.25) is 14.4 Å². The maximum Gasteiger partial charge on any atom is 0.251 e. The van der Waals surface area contributed by atoms with Crippen LogP contribution in [0.4, 0.5) is 0 Å². The lowest BCUT2D eigenvalue weighted by molar-refractivity contribution is -0.127. The van der Waals surface area contributed by atoms with Crippen LogP contribution in [0.5, 0.6) is 0 Å². The molecule has 0 heterocycles. The second-order valence-electron chi connectivity index (χ2n) is 4.84. The van der Waals surface area contributed by atoms with Crippen LogP contribution in [0.1, 0.15) is 23.7 Å². The van der Waals surface area contributed by atoms with Gasteiger partial charge in [0.1, 0.15) is 6.04 Å². The number of nitrogens with zero attached hydrogens (tertiary/aromatic N) is 1. The molecule has 0 aliphatic rings. The average Bonchev–Trinajstić information content (AvgIpc) is 2.51.